The van der Waals surface area contributed by atoms with Gasteiger partial charge in [-0.2, -0.15) is 0 Å². The summed E-state index contributed by atoms with van der Waals surface area (Å²) >= 11 is 0. The van der Waals surface area contributed by atoms with E-state index < -0.39 is 0 Å². The third kappa shape index (κ3) is 8.39. The van der Waals surface area contributed by atoms with E-state index in [2.05, 4.69) is 23.3 Å². The van der Waals surface area contributed by atoms with Gasteiger partial charge in [0, 0.05) is 11.8 Å². The van der Waals surface area contributed by atoms with E-state index in [1.807, 2.05) is 50.5 Å². The highest BCUT2D eigenvalue weighted by atomic mass is 16.3. The predicted octanol–water partition coefficient (Wildman–Crippen LogP) is 6.77. The van der Waals surface area contributed by atoms with Gasteiger partial charge in [-0.05, 0) is 48.9 Å². The molecule has 0 spiro atoms. The lowest BCUT2D eigenvalue weighted by atomic mass is 10.1. The summed E-state index contributed by atoms with van der Waals surface area (Å²) in [7, 11) is 0. The number of hydrogen-bond donors (Lipinski definition) is 2. The topological polar surface area (TPSA) is 45.1 Å². The fourth-order valence-electron chi connectivity index (χ4n) is 2.43. The molecule has 0 fully saturated rings. The molecule has 3 heteroatoms. The van der Waals surface area contributed by atoms with Crippen molar-refractivity contribution in [3.05, 3.63) is 54.9 Å². The Morgan fingerprint density at radius 3 is 2.48 bits per heavy atom. The zero-order valence-corrected chi connectivity index (χ0v) is 15.8. The number of benzene rings is 1. The second-order valence-electron chi connectivity index (χ2n) is 5.73. The van der Waals surface area contributed by atoms with Crippen LogP contribution in [0.3, 0.4) is 0 Å². The molecular weight excluding hydrogens is 308 g/mol. The number of hydrogen-bond acceptors (Lipinski definition) is 3. The van der Waals surface area contributed by atoms with E-state index >= 15 is 0 Å². The van der Waals surface area contributed by atoms with Crippen LogP contribution in [0.4, 0.5) is 5.82 Å². The zero-order valence-electron chi connectivity index (χ0n) is 15.8. The molecule has 1 aromatic carbocycles. The average Bonchev–Trinajstić information content (AvgIpc) is 2.66. The molecule has 25 heavy (non-hydrogen) atoms. The highest BCUT2D eigenvalue weighted by Crippen LogP contribution is 2.23. The minimum absolute atomic E-state index is 0.270. The molecule has 2 aromatic rings. The number of rotatable bonds is 9. The number of nitrogens with zero attached hydrogens (tertiary/aromatic N) is 1. The number of anilines is 1. The van der Waals surface area contributed by atoms with Crippen LogP contribution in [0.1, 0.15) is 59.3 Å². The van der Waals surface area contributed by atoms with Crippen molar-refractivity contribution in [3.8, 4) is 16.9 Å². The Balaban J connectivity index is 0.00000151. The zero-order chi connectivity index (χ0) is 18.3. The molecule has 3 nitrogen and oxygen atoms in total. The van der Waals surface area contributed by atoms with E-state index in [0.29, 0.717) is 0 Å². The Kier molecular flexibility index (Phi) is 10.8. The van der Waals surface area contributed by atoms with Crippen LogP contribution in [0.25, 0.3) is 11.1 Å². The van der Waals surface area contributed by atoms with Gasteiger partial charge in [0.15, 0.2) is 0 Å². The number of pyridine rings is 1. The van der Waals surface area contributed by atoms with Crippen molar-refractivity contribution in [1.29, 1.82) is 0 Å². The monoisotopic (exact) mass is 340 g/mol. The van der Waals surface area contributed by atoms with Crippen LogP contribution in [0, 0.1) is 0 Å². The molecule has 0 amide bonds. The summed E-state index contributed by atoms with van der Waals surface area (Å²) in [5.41, 5.74) is 1.96. The van der Waals surface area contributed by atoms with E-state index in [-0.39, 0.29) is 5.75 Å². The molecule has 2 N–H and O–H groups in total. The Bertz CT molecular complexity index is 606. The predicted molar refractivity (Wildman–Crippen MR) is 109 cm³/mol. The van der Waals surface area contributed by atoms with Crippen molar-refractivity contribution in [3.63, 3.8) is 0 Å². The van der Waals surface area contributed by atoms with E-state index in [4.69, 9.17) is 0 Å². The smallest absolute Gasteiger partial charge is 0.129 e. The second kappa shape index (κ2) is 13.1. The number of nitrogens with one attached hydrogen (secondary N) is 1. The fraction of sp³-hybridized carbons (Fsp3) is 0.409. The van der Waals surface area contributed by atoms with Gasteiger partial charge in [0.05, 0.1) is 0 Å². The number of phenols is 1. The lowest BCUT2D eigenvalue weighted by molar-refractivity contribution is 0.475. The van der Waals surface area contributed by atoms with E-state index in [1.165, 1.54) is 32.1 Å². The van der Waals surface area contributed by atoms with Crippen molar-refractivity contribution in [2.24, 2.45) is 0 Å². The van der Waals surface area contributed by atoms with Crippen LogP contribution >= 0.6 is 0 Å². The SMILES string of the molecule is CC.CCCCCCC/C=C/Nc1ccc(-c2cccc(O)c2)cn1. The van der Waals surface area contributed by atoms with Gasteiger partial charge in [-0.15, -0.1) is 0 Å². The summed E-state index contributed by atoms with van der Waals surface area (Å²) in [6.07, 6.45) is 13.6. The summed E-state index contributed by atoms with van der Waals surface area (Å²) in [4.78, 5) is 4.40. The molecule has 0 atom stereocenters. The molecule has 0 aliphatic rings. The van der Waals surface area contributed by atoms with Gasteiger partial charge in [0.25, 0.3) is 0 Å². The first-order valence-corrected chi connectivity index (χ1v) is 9.46. The van der Waals surface area contributed by atoms with Crippen LogP contribution in [0.2, 0.25) is 0 Å². The first-order valence-electron chi connectivity index (χ1n) is 9.46. The molecule has 0 saturated heterocycles. The molecule has 0 bridgehead atoms. The van der Waals surface area contributed by atoms with Gasteiger partial charge in [-0.3, -0.25) is 0 Å². The lowest BCUT2D eigenvalue weighted by Gasteiger charge is -2.04. The molecule has 0 saturated carbocycles. The molecule has 2 rings (SSSR count). The molecule has 0 unspecified atom stereocenters. The van der Waals surface area contributed by atoms with Crippen LogP contribution < -0.4 is 5.32 Å². The van der Waals surface area contributed by atoms with E-state index in [9.17, 15) is 5.11 Å². The van der Waals surface area contributed by atoms with E-state index in [0.717, 1.165) is 23.4 Å². The number of aromatic nitrogens is 1. The summed E-state index contributed by atoms with van der Waals surface area (Å²) in [6.45, 7) is 6.24. The average molecular weight is 341 g/mol. The van der Waals surface area contributed by atoms with Gasteiger partial charge in [-0.25, -0.2) is 4.98 Å². The third-order valence-electron chi connectivity index (χ3n) is 3.77. The summed E-state index contributed by atoms with van der Waals surface area (Å²) in [5.74, 6) is 1.10. The molecule has 0 aliphatic carbocycles. The third-order valence-corrected chi connectivity index (χ3v) is 3.77. The summed E-state index contributed by atoms with van der Waals surface area (Å²) < 4.78 is 0. The summed E-state index contributed by atoms with van der Waals surface area (Å²) in [5, 5.41) is 12.7. The number of allylic oxidation sites excluding steroid dienone is 1. The minimum Gasteiger partial charge on any atom is -0.508 e. The largest absolute Gasteiger partial charge is 0.508 e. The van der Waals surface area contributed by atoms with Crippen LogP contribution in [0.5, 0.6) is 5.75 Å². The van der Waals surface area contributed by atoms with Crippen molar-refractivity contribution < 1.29 is 5.11 Å². The standard InChI is InChI=1S/C20H26N2O.C2H6/c1-2-3-4-5-6-7-8-14-21-20-13-12-18(16-22-20)17-10-9-11-19(23)15-17;1-2/h8-16,23H,2-7H2,1H3,(H,21,22);1-2H3/b14-8+;. The maximum atomic E-state index is 9.52. The summed E-state index contributed by atoms with van der Waals surface area (Å²) in [6, 6.07) is 11.2. The molecule has 0 radical (unpaired) electrons. The van der Waals surface area contributed by atoms with Crippen molar-refractivity contribution in [1.82, 2.24) is 4.98 Å². The van der Waals surface area contributed by atoms with Crippen molar-refractivity contribution in [2.75, 3.05) is 5.32 Å². The van der Waals surface area contributed by atoms with Crippen molar-refractivity contribution in [2.45, 2.75) is 59.3 Å². The minimum atomic E-state index is 0.270. The van der Waals surface area contributed by atoms with Gasteiger partial charge >= 0.3 is 0 Å². The van der Waals surface area contributed by atoms with Crippen LogP contribution in [0.15, 0.2) is 54.9 Å². The van der Waals surface area contributed by atoms with Crippen molar-refractivity contribution >= 4 is 5.82 Å². The Morgan fingerprint density at radius 2 is 1.80 bits per heavy atom. The van der Waals surface area contributed by atoms with Gasteiger partial charge in [0.1, 0.15) is 11.6 Å². The van der Waals surface area contributed by atoms with Gasteiger partial charge in [-0.1, -0.05) is 64.7 Å². The highest BCUT2D eigenvalue weighted by Gasteiger charge is 1.99. The Hall–Kier alpha value is -2.29. The molecule has 0 aliphatic heterocycles. The molecule has 1 heterocycles. The number of unbranched alkanes of at least 4 members (excludes halogenated alkanes) is 5. The number of phenolic OH excluding ortho intramolecular Hbond substituents is 1. The Labute approximate surface area is 152 Å². The fourth-order valence-corrected chi connectivity index (χ4v) is 2.43. The maximum absolute atomic E-state index is 9.52. The van der Waals surface area contributed by atoms with Crippen LogP contribution in [-0.4, -0.2) is 10.1 Å². The second-order valence-corrected chi connectivity index (χ2v) is 5.73. The van der Waals surface area contributed by atoms with Gasteiger partial charge in [0.2, 0.25) is 0 Å². The highest BCUT2D eigenvalue weighted by molar-refractivity contribution is 5.65. The first-order chi connectivity index (χ1) is 12.3. The molecule has 1 aromatic heterocycles. The molecular formula is C22H32N2O. The first kappa shape index (κ1) is 20.8. The van der Waals surface area contributed by atoms with Gasteiger partial charge < -0.3 is 10.4 Å². The Morgan fingerprint density at radius 1 is 1.00 bits per heavy atom. The van der Waals surface area contributed by atoms with Crippen LogP contribution in [-0.2, 0) is 0 Å². The van der Waals surface area contributed by atoms with E-state index in [1.54, 1.807) is 12.1 Å². The number of aromatic hydroxyl groups is 1. The normalized spacial score (nSPS) is 10.4. The molecule has 136 valence electrons. The maximum Gasteiger partial charge on any atom is 0.129 e. The quantitative estimate of drug-likeness (QED) is 0.495. The lowest BCUT2D eigenvalue weighted by Crippen LogP contribution is -1.91.